The number of aryl methyl sites for hydroxylation is 1. The molecule has 1 saturated heterocycles. The third-order valence-corrected chi connectivity index (χ3v) is 3.25. The van der Waals surface area contributed by atoms with E-state index in [1.807, 2.05) is 37.1 Å². The van der Waals surface area contributed by atoms with Crippen LogP contribution in [-0.4, -0.2) is 44.2 Å². The minimum atomic E-state index is 0.112. The molecule has 2 rings (SSSR count). The van der Waals surface area contributed by atoms with Crippen LogP contribution in [0.4, 0.5) is 5.69 Å². The van der Waals surface area contributed by atoms with Gasteiger partial charge in [-0.3, -0.25) is 4.79 Å². The molecule has 0 spiro atoms. The Balaban J connectivity index is 2.16. The van der Waals surface area contributed by atoms with E-state index in [4.69, 9.17) is 4.74 Å². The van der Waals surface area contributed by atoms with Gasteiger partial charge in [-0.05, 0) is 37.1 Å². The summed E-state index contributed by atoms with van der Waals surface area (Å²) in [6, 6.07) is 5.84. The number of hydrogen-bond acceptors (Lipinski definition) is 3. The van der Waals surface area contributed by atoms with Crippen molar-refractivity contribution < 1.29 is 9.53 Å². The van der Waals surface area contributed by atoms with Crippen molar-refractivity contribution in [2.24, 2.45) is 0 Å². The second-order valence-corrected chi connectivity index (χ2v) is 4.54. The lowest BCUT2D eigenvalue weighted by Crippen LogP contribution is -2.33. The molecule has 0 radical (unpaired) electrons. The molecule has 1 aromatic rings. The fraction of sp³-hybridized carbons (Fsp3) is 0.500. The van der Waals surface area contributed by atoms with Gasteiger partial charge in [-0.25, -0.2) is 0 Å². The number of ether oxygens (including phenoxy) is 1. The van der Waals surface area contributed by atoms with Gasteiger partial charge >= 0.3 is 0 Å². The first kappa shape index (κ1) is 12.9. The molecule has 98 valence electrons. The zero-order valence-corrected chi connectivity index (χ0v) is 11.0. The Bertz CT molecular complexity index is 424. The maximum Gasteiger partial charge on any atom is 0.254 e. The molecule has 1 aliphatic rings. The van der Waals surface area contributed by atoms with E-state index < -0.39 is 0 Å². The monoisotopic (exact) mass is 248 g/mol. The summed E-state index contributed by atoms with van der Waals surface area (Å²) in [4.78, 5) is 14.3. The highest BCUT2D eigenvalue weighted by Gasteiger charge is 2.18. The quantitative estimate of drug-likeness (QED) is 0.869. The van der Waals surface area contributed by atoms with E-state index in [0.29, 0.717) is 13.2 Å². The molecule has 1 heterocycles. The Morgan fingerprint density at radius 2 is 2.17 bits per heavy atom. The van der Waals surface area contributed by atoms with Crippen LogP contribution in [0.5, 0.6) is 0 Å². The number of carbonyl (C=O) groups excluding carboxylic acids is 1. The number of carbonyl (C=O) groups is 1. The molecule has 0 aromatic heterocycles. The maximum atomic E-state index is 12.4. The number of benzene rings is 1. The molecular formula is C14H20N2O2. The molecular weight excluding hydrogens is 228 g/mol. The molecule has 1 aromatic carbocycles. The van der Waals surface area contributed by atoms with E-state index >= 15 is 0 Å². The van der Waals surface area contributed by atoms with Gasteiger partial charge in [0.25, 0.3) is 5.91 Å². The van der Waals surface area contributed by atoms with Crippen molar-refractivity contribution in [1.82, 2.24) is 4.90 Å². The second kappa shape index (κ2) is 5.87. The lowest BCUT2D eigenvalue weighted by molar-refractivity contribution is 0.0740. The van der Waals surface area contributed by atoms with Crippen LogP contribution in [-0.2, 0) is 4.74 Å². The van der Waals surface area contributed by atoms with Crippen LogP contribution in [0, 0.1) is 6.92 Å². The molecule has 1 fully saturated rings. The third kappa shape index (κ3) is 2.82. The van der Waals surface area contributed by atoms with Crippen LogP contribution in [0.1, 0.15) is 22.3 Å². The molecule has 0 aliphatic carbocycles. The minimum Gasteiger partial charge on any atom is -0.388 e. The van der Waals surface area contributed by atoms with E-state index in [0.717, 1.165) is 36.4 Å². The van der Waals surface area contributed by atoms with E-state index in [-0.39, 0.29) is 5.91 Å². The van der Waals surface area contributed by atoms with Crippen molar-refractivity contribution in [3.8, 4) is 0 Å². The largest absolute Gasteiger partial charge is 0.388 e. The molecule has 1 N–H and O–H groups in total. The Morgan fingerprint density at radius 3 is 2.89 bits per heavy atom. The molecule has 0 unspecified atom stereocenters. The van der Waals surface area contributed by atoms with Crippen LogP contribution >= 0.6 is 0 Å². The predicted molar refractivity (Wildman–Crippen MR) is 72.1 cm³/mol. The Morgan fingerprint density at radius 1 is 1.33 bits per heavy atom. The van der Waals surface area contributed by atoms with E-state index in [9.17, 15) is 4.79 Å². The topological polar surface area (TPSA) is 41.6 Å². The average Bonchev–Trinajstić information content (AvgIpc) is 2.66. The number of nitrogens with zero attached hydrogens (tertiary/aromatic N) is 1. The second-order valence-electron chi connectivity index (χ2n) is 4.54. The first-order valence-corrected chi connectivity index (χ1v) is 6.38. The highest BCUT2D eigenvalue weighted by atomic mass is 16.5. The van der Waals surface area contributed by atoms with Gasteiger partial charge in [0.1, 0.15) is 0 Å². The van der Waals surface area contributed by atoms with Gasteiger partial charge in [0, 0.05) is 38.0 Å². The summed E-state index contributed by atoms with van der Waals surface area (Å²) in [5, 5.41) is 3.08. The Labute approximate surface area is 108 Å². The summed E-state index contributed by atoms with van der Waals surface area (Å²) in [6.07, 6.45) is 0.916. The fourth-order valence-electron chi connectivity index (χ4n) is 2.18. The van der Waals surface area contributed by atoms with Crippen molar-refractivity contribution in [2.75, 3.05) is 38.7 Å². The van der Waals surface area contributed by atoms with E-state index in [2.05, 4.69) is 5.32 Å². The van der Waals surface area contributed by atoms with Gasteiger partial charge in [0.05, 0.1) is 6.61 Å². The molecule has 1 amide bonds. The van der Waals surface area contributed by atoms with Gasteiger partial charge in [0.2, 0.25) is 0 Å². The summed E-state index contributed by atoms with van der Waals surface area (Å²) in [5.74, 6) is 0.112. The third-order valence-electron chi connectivity index (χ3n) is 3.25. The molecule has 4 nitrogen and oxygen atoms in total. The summed E-state index contributed by atoms with van der Waals surface area (Å²) in [7, 11) is 1.88. The Hall–Kier alpha value is -1.55. The SMILES string of the molecule is CNc1ccc(C(=O)N2CCCOCC2)c(C)c1. The average molecular weight is 248 g/mol. The normalized spacial score (nSPS) is 16.2. The lowest BCUT2D eigenvalue weighted by atomic mass is 10.1. The van der Waals surface area contributed by atoms with Crippen LogP contribution in [0.3, 0.4) is 0 Å². The summed E-state index contributed by atoms with van der Waals surface area (Å²) < 4.78 is 5.37. The summed E-state index contributed by atoms with van der Waals surface area (Å²) >= 11 is 0. The van der Waals surface area contributed by atoms with E-state index in [1.165, 1.54) is 0 Å². The summed E-state index contributed by atoms with van der Waals surface area (Å²) in [6.45, 7) is 4.83. The lowest BCUT2D eigenvalue weighted by Gasteiger charge is -2.20. The van der Waals surface area contributed by atoms with Gasteiger partial charge in [-0.15, -0.1) is 0 Å². The van der Waals surface area contributed by atoms with Gasteiger partial charge in [0.15, 0.2) is 0 Å². The molecule has 18 heavy (non-hydrogen) atoms. The predicted octanol–water partition coefficient (Wildman–Crippen LogP) is 1.90. The van der Waals surface area contributed by atoms with Crippen LogP contribution in [0.2, 0.25) is 0 Å². The molecule has 0 saturated carbocycles. The van der Waals surface area contributed by atoms with Gasteiger partial charge in [-0.2, -0.15) is 0 Å². The van der Waals surface area contributed by atoms with Gasteiger partial charge < -0.3 is 15.0 Å². The van der Waals surface area contributed by atoms with Crippen LogP contribution in [0.15, 0.2) is 18.2 Å². The first-order valence-electron chi connectivity index (χ1n) is 6.38. The highest BCUT2D eigenvalue weighted by Crippen LogP contribution is 2.17. The number of anilines is 1. The molecule has 4 heteroatoms. The van der Waals surface area contributed by atoms with Crippen LogP contribution in [0.25, 0.3) is 0 Å². The van der Waals surface area contributed by atoms with Crippen molar-refractivity contribution in [2.45, 2.75) is 13.3 Å². The number of rotatable bonds is 2. The van der Waals surface area contributed by atoms with Crippen molar-refractivity contribution in [1.29, 1.82) is 0 Å². The number of amides is 1. The van der Waals surface area contributed by atoms with Crippen LogP contribution < -0.4 is 5.32 Å². The van der Waals surface area contributed by atoms with Crippen molar-refractivity contribution in [3.05, 3.63) is 29.3 Å². The van der Waals surface area contributed by atoms with Crippen molar-refractivity contribution >= 4 is 11.6 Å². The standard InChI is InChI=1S/C14H20N2O2/c1-11-10-12(15-2)4-5-13(11)14(17)16-6-3-8-18-9-7-16/h4-5,10,15H,3,6-9H2,1-2H3. The fourth-order valence-corrected chi connectivity index (χ4v) is 2.18. The van der Waals surface area contributed by atoms with E-state index in [1.54, 1.807) is 0 Å². The van der Waals surface area contributed by atoms with Crippen molar-refractivity contribution in [3.63, 3.8) is 0 Å². The van der Waals surface area contributed by atoms with Gasteiger partial charge in [-0.1, -0.05) is 0 Å². The smallest absolute Gasteiger partial charge is 0.254 e. The first-order chi connectivity index (χ1) is 8.72. The molecule has 1 aliphatic heterocycles. The maximum absolute atomic E-state index is 12.4. The molecule has 0 atom stereocenters. The number of hydrogen-bond donors (Lipinski definition) is 1. The molecule has 0 bridgehead atoms. The minimum absolute atomic E-state index is 0.112. The zero-order valence-electron chi connectivity index (χ0n) is 11.0. The number of nitrogens with one attached hydrogen (secondary N) is 1. The highest BCUT2D eigenvalue weighted by molar-refractivity contribution is 5.96. The summed E-state index contributed by atoms with van der Waals surface area (Å²) in [5.41, 5.74) is 2.83. The Kier molecular flexibility index (Phi) is 4.20. The zero-order chi connectivity index (χ0) is 13.0.